The van der Waals surface area contributed by atoms with E-state index in [0.717, 1.165) is 0 Å². The van der Waals surface area contributed by atoms with Crippen molar-refractivity contribution >= 4 is 6.03 Å². The minimum atomic E-state index is -0.492. The van der Waals surface area contributed by atoms with Gasteiger partial charge in [-0.25, -0.2) is 4.79 Å². The third kappa shape index (κ3) is 6.61. The summed E-state index contributed by atoms with van der Waals surface area (Å²) in [6, 6.07) is -0.492. The third-order valence-electron chi connectivity index (χ3n) is 1.54. The van der Waals surface area contributed by atoms with Gasteiger partial charge in [-0.1, -0.05) is 0 Å². The van der Waals surface area contributed by atoms with Crippen molar-refractivity contribution in [2.75, 3.05) is 39.7 Å². The van der Waals surface area contributed by atoms with Crippen molar-refractivity contribution in [3.63, 3.8) is 0 Å². The molecule has 7 heteroatoms. The van der Waals surface area contributed by atoms with Crippen LogP contribution in [0.1, 0.15) is 0 Å². The molecule has 0 aromatic carbocycles. The summed E-state index contributed by atoms with van der Waals surface area (Å²) in [4.78, 5) is 12.5. The van der Waals surface area contributed by atoms with E-state index in [9.17, 15) is 4.79 Å². The van der Waals surface area contributed by atoms with E-state index in [0.29, 0.717) is 13.1 Å². The fourth-order valence-corrected chi connectivity index (χ4v) is 0.871. The Morgan fingerprint density at radius 2 is 1.64 bits per heavy atom. The molecule has 0 fully saturated rings. The predicted molar refractivity (Wildman–Crippen MR) is 49.4 cm³/mol. The zero-order valence-electron chi connectivity index (χ0n) is 7.94. The lowest BCUT2D eigenvalue weighted by molar-refractivity contribution is 0.151. The number of carbonyl (C=O) groups excluding carboxylic acids is 1. The van der Waals surface area contributed by atoms with E-state index >= 15 is 0 Å². The van der Waals surface area contributed by atoms with E-state index in [4.69, 9.17) is 15.3 Å². The van der Waals surface area contributed by atoms with Gasteiger partial charge in [0.05, 0.1) is 19.9 Å². The maximum absolute atomic E-state index is 10.8. The molecule has 2 amide bonds. The minimum Gasteiger partial charge on any atom is -0.395 e. The van der Waals surface area contributed by atoms with Crippen LogP contribution in [-0.4, -0.2) is 66.0 Å². The molecular weight excluding hydrogens is 190 g/mol. The lowest BCUT2D eigenvalue weighted by atomic mass is 10.5. The lowest BCUT2D eigenvalue weighted by Crippen LogP contribution is -2.44. The van der Waals surface area contributed by atoms with Crippen LogP contribution in [0.3, 0.4) is 0 Å². The molecule has 0 radical (unpaired) electrons. The van der Waals surface area contributed by atoms with Gasteiger partial charge in [0.15, 0.2) is 0 Å². The molecule has 7 nitrogen and oxygen atoms in total. The number of nitrogens with zero attached hydrogens (tertiary/aromatic N) is 1. The van der Waals surface area contributed by atoms with Gasteiger partial charge in [-0.2, -0.15) is 0 Å². The average molecular weight is 207 g/mol. The zero-order valence-corrected chi connectivity index (χ0v) is 7.94. The molecule has 0 aromatic heterocycles. The maximum Gasteiger partial charge on any atom is 0.317 e. The second kappa shape index (κ2) is 8.70. The number of hydrogen-bond donors (Lipinski definition) is 5. The van der Waals surface area contributed by atoms with Gasteiger partial charge in [-0.3, -0.25) is 4.90 Å². The van der Waals surface area contributed by atoms with Crippen LogP contribution in [0.5, 0.6) is 0 Å². The first-order valence-electron chi connectivity index (χ1n) is 4.31. The van der Waals surface area contributed by atoms with Crippen LogP contribution >= 0.6 is 0 Å². The lowest BCUT2D eigenvalue weighted by Gasteiger charge is -2.20. The summed E-state index contributed by atoms with van der Waals surface area (Å²) in [5.41, 5.74) is 0. The van der Waals surface area contributed by atoms with Gasteiger partial charge in [0.2, 0.25) is 0 Å². The Hall–Kier alpha value is -0.890. The average Bonchev–Trinajstić information content (AvgIpc) is 2.15. The van der Waals surface area contributed by atoms with Crippen molar-refractivity contribution in [2.45, 2.75) is 0 Å². The first-order valence-corrected chi connectivity index (χ1v) is 4.31. The van der Waals surface area contributed by atoms with Crippen molar-refractivity contribution in [1.82, 2.24) is 15.5 Å². The number of carbonyl (C=O) groups is 1. The number of amides is 2. The van der Waals surface area contributed by atoms with E-state index in [1.54, 1.807) is 4.90 Å². The van der Waals surface area contributed by atoms with E-state index in [1.807, 2.05) is 0 Å². The van der Waals surface area contributed by atoms with Gasteiger partial charge in [0.1, 0.15) is 6.73 Å². The van der Waals surface area contributed by atoms with Gasteiger partial charge < -0.3 is 26.0 Å². The van der Waals surface area contributed by atoms with E-state index < -0.39 is 12.8 Å². The van der Waals surface area contributed by atoms with Gasteiger partial charge in [-0.05, 0) is 0 Å². The molecule has 0 aliphatic carbocycles. The van der Waals surface area contributed by atoms with Crippen LogP contribution in [0.15, 0.2) is 0 Å². The monoisotopic (exact) mass is 207 g/mol. The minimum absolute atomic E-state index is 0.0384. The van der Waals surface area contributed by atoms with Crippen molar-refractivity contribution in [2.24, 2.45) is 0 Å². The first kappa shape index (κ1) is 13.1. The highest BCUT2D eigenvalue weighted by molar-refractivity contribution is 5.73. The van der Waals surface area contributed by atoms with Crippen LogP contribution in [0.25, 0.3) is 0 Å². The van der Waals surface area contributed by atoms with E-state index in [-0.39, 0.29) is 19.9 Å². The Kier molecular flexibility index (Phi) is 8.14. The van der Waals surface area contributed by atoms with E-state index in [1.165, 1.54) is 0 Å². The molecule has 84 valence electrons. The fraction of sp³-hybridized carbons (Fsp3) is 0.857. The Labute approximate surface area is 82.3 Å². The number of nitrogens with one attached hydrogen (secondary N) is 2. The zero-order chi connectivity index (χ0) is 10.8. The number of aliphatic hydroxyl groups is 3. The molecule has 14 heavy (non-hydrogen) atoms. The molecule has 0 heterocycles. The summed E-state index contributed by atoms with van der Waals surface area (Å²) in [7, 11) is 0. The highest BCUT2D eigenvalue weighted by Gasteiger charge is 2.04. The summed E-state index contributed by atoms with van der Waals surface area (Å²) in [5.74, 6) is 0. The predicted octanol–water partition coefficient (Wildman–Crippen LogP) is -2.52. The number of aliphatic hydroxyl groups excluding tert-OH is 3. The third-order valence-corrected chi connectivity index (χ3v) is 1.54. The Morgan fingerprint density at radius 1 is 1.07 bits per heavy atom. The number of hydrogen-bond acceptors (Lipinski definition) is 5. The highest BCUT2D eigenvalue weighted by Crippen LogP contribution is 1.83. The fourth-order valence-electron chi connectivity index (χ4n) is 0.871. The quantitative estimate of drug-likeness (QED) is 0.296. The van der Waals surface area contributed by atoms with Crippen molar-refractivity contribution in [3.8, 4) is 0 Å². The molecular formula is C7H17N3O4. The van der Waals surface area contributed by atoms with Crippen LogP contribution in [0.4, 0.5) is 4.79 Å². The number of urea groups is 1. The molecule has 0 saturated carbocycles. The summed E-state index contributed by atoms with van der Waals surface area (Å²) >= 11 is 0. The Morgan fingerprint density at radius 3 is 2.07 bits per heavy atom. The summed E-state index contributed by atoms with van der Waals surface area (Å²) in [6.45, 7) is 0.464. The Bertz CT molecular complexity index is 150. The maximum atomic E-state index is 10.8. The van der Waals surface area contributed by atoms with Gasteiger partial charge >= 0.3 is 6.03 Å². The molecule has 0 aromatic rings. The molecule has 0 saturated heterocycles. The molecule has 0 rings (SSSR count). The molecule has 0 atom stereocenters. The Balaban J connectivity index is 3.63. The summed E-state index contributed by atoms with van der Waals surface area (Å²) in [5, 5.41) is 30.2. The van der Waals surface area contributed by atoms with Crippen molar-refractivity contribution in [1.29, 1.82) is 0 Å². The smallest absolute Gasteiger partial charge is 0.317 e. The van der Waals surface area contributed by atoms with Gasteiger partial charge in [0.25, 0.3) is 0 Å². The molecule has 0 aliphatic rings. The molecule has 5 N–H and O–H groups in total. The summed E-state index contributed by atoms with van der Waals surface area (Å²) < 4.78 is 0. The normalized spacial score (nSPS) is 10.3. The van der Waals surface area contributed by atoms with Crippen LogP contribution in [-0.2, 0) is 0 Å². The van der Waals surface area contributed by atoms with Crippen LogP contribution in [0, 0.1) is 0 Å². The van der Waals surface area contributed by atoms with Crippen LogP contribution < -0.4 is 10.6 Å². The second-order valence-electron chi connectivity index (χ2n) is 2.56. The second-order valence-corrected chi connectivity index (χ2v) is 2.56. The first-order chi connectivity index (χ1) is 6.74. The van der Waals surface area contributed by atoms with Crippen molar-refractivity contribution < 1.29 is 20.1 Å². The molecule has 0 spiro atoms. The van der Waals surface area contributed by atoms with E-state index in [2.05, 4.69) is 10.6 Å². The van der Waals surface area contributed by atoms with Gasteiger partial charge in [0, 0.05) is 13.1 Å². The summed E-state index contributed by atoms with van der Waals surface area (Å²) in [6.07, 6.45) is 0. The van der Waals surface area contributed by atoms with Gasteiger partial charge in [-0.15, -0.1) is 0 Å². The van der Waals surface area contributed by atoms with Crippen molar-refractivity contribution in [3.05, 3.63) is 0 Å². The molecule has 0 aliphatic heterocycles. The molecule has 0 bridgehead atoms. The standard InChI is InChI=1S/C7H17N3O4/c11-3-1-10(2-4-12)5-8-7(14)9-6-13/h11-13H,1-6H2,(H2,8,9,14). The largest absolute Gasteiger partial charge is 0.395 e. The number of rotatable bonds is 7. The van der Waals surface area contributed by atoms with Crippen LogP contribution in [0.2, 0.25) is 0 Å². The highest BCUT2D eigenvalue weighted by atomic mass is 16.3. The topological polar surface area (TPSA) is 105 Å². The molecule has 0 unspecified atom stereocenters. The SMILES string of the molecule is O=C(NCO)NCN(CCO)CCO.